The highest BCUT2D eigenvalue weighted by Crippen LogP contribution is 2.24. The number of aryl methyl sites for hydroxylation is 2. The van der Waals surface area contributed by atoms with Crippen molar-refractivity contribution in [3.8, 4) is 0 Å². The van der Waals surface area contributed by atoms with Crippen LogP contribution in [-0.2, 0) is 16.6 Å². The second-order valence-electron chi connectivity index (χ2n) is 5.38. The molecule has 4 nitrogen and oxygen atoms in total. The SMILES string of the molecule is C=CC(=O)NCCCc1oc(C(C)(C)C)nc1C. The number of nitrogens with zero attached hydrogens (tertiary/aromatic N) is 1. The number of hydrogen-bond donors (Lipinski definition) is 1. The third-order valence-corrected chi connectivity index (χ3v) is 2.60. The largest absolute Gasteiger partial charge is 0.445 e. The molecule has 1 aromatic heterocycles. The fourth-order valence-corrected chi connectivity index (χ4v) is 1.51. The molecule has 1 N–H and O–H groups in total. The fourth-order valence-electron chi connectivity index (χ4n) is 1.51. The molecule has 0 unspecified atom stereocenters. The first-order valence-corrected chi connectivity index (χ1v) is 6.21. The van der Waals surface area contributed by atoms with Gasteiger partial charge in [0.1, 0.15) is 5.76 Å². The third kappa shape index (κ3) is 4.02. The van der Waals surface area contributed by atoms with Crippen LogP contribution < -0.4 is 5.32 Å². The molecule has 1 heterocycles. The molecule has 0 aromatic carbocycles. The van der Waals surface area contributed by atoms with E-state index in [4.69, 9.17) is 4.42 Å². The molecule has 0 atom stereocenters. The molecule has 0 spiro atoms. The molecule has 0 saturated carbocycles. The molecule has 0 radical (unpaired) electrons. The van der Waals surface area contributed by atoms with Gasteiger partial charge in [-0.25, -0.2) is 4.98 Å². The summed E-state index contributed by atoms with van der Waals surface area (Å²) in [6.45, 7) is 12.2. The van der Waals surface area contributed by atoms with E-state index in [9.17, 15) is 4.79 Å². The van der Waals surface area contributed by atoms with Gasteiger partial charge in [-0.3, -0.25) is 4.79 Å². The van der Waals surface area contributed by atoms with Gasteiger partial charge in [0.2, 0.25) is 5.91 Å². The average Bonchev–Trinajstić information content (AvgIpc) is 2.66. The minimum atomic E-state index is -0.139. The Bertz CT molecular complexity index is 427. The van der Waals surface area contributed by atoms with Crippen molar-refractivity contribution in [3.05, 3.63) is 30.0 Å². The number of nitrogens with one attached hydrogen (secondary N) is 1. The van der Waals surface area contributed by atoms with Crippen LogP contribution in [0.5, 0.6) is 0 Å². The minimum Gasteiger partial charge on any atom is -0.445 e. The molecule has 0 aliphatic carbocycles. The zero-order chi connectivity index (χ0) is 13.8. The first-order chi connectivity index (χ1) is 8.34. The first-order valence-electron chi connectivity index (χ1n) is 6.21. The number of oxazole rings is 1. The number of amides is 1. The van der Waals surface area contributed by atoms with Crippen LogP contribution in [0.3, 0.4) is 0 Å². The summed E-state index contributed by atoms with van der Waals surface area (Å²) in [4.78, 5) is 15.4. The highest BCUT2D eigenvalue weighted by molar-refractivity contribution is 5.86. The van der Waals surface area contributed by atoms with Crippen LogP contribution in [0.25, 0.3) is 0 Å². The average molecular weight is 250 g/mol. The molecule has 18 heavy (non-hydrogen) atoms. The summed E-state index contributed by atoms with van der Waals surface area (Å²) in [5.74, 6) is 1.54. The van der Waals surface area contributed by atoms with Crippen molar-refractivity contribution in [1.29, 1.82) is 0 Å². The lowest BCUT2D eigenvalue weighted by molar-refractivity contribution is -0.116. The van der Waals surface area contributed by atoms with Gasteiger partial charge in [-0.15, -0.1) is 0 Å². The fraction of sp³-hybridized carbons (Fsp3) is 0.571. The van der Waals surface area contributed by atoms with Crippen LogP contribution in [0.4, 0.5) is 0 Å². The molecular formula is C14H22N2O2. The van der Waals surface area contributed by atoms with Crippen molar-refractivity contribution >= 4 is 5.91 Å². The normalized spacial score (nSPS) is 11.3. The second-order valence-corrected chi connectivity index (χ2v) is 5.38. The van der Waals surface area contributed by atoms with Gasteiger partial charge < -0.3 is 9.73 Å². The zero-order valence-electron chi connectivity index (χ0n) is 11.7. The minimum absolute atomic E-state index is 0.0694. The Morgan fingerprint density at radius 3 is 2.67 bits per heavy atom. The molecule has 0 fully saturated rings. The number of aromatic nitrogens is 1. The van der Waals surface area contributed by atoms with E-state index in [1.807, 2.05) is 6.92 Å². The number of carbonyl (C=O) groups is 1. The molecule has 1 aromatic rings. The van der Waals surface area contributed by atoms with E-state index < -0.39 is 0 Å². The summed E-state index contributed by atoms with van der Waals surface area (Å²) in [5, 5.41) is 2.74. The van der Waals surface area contributed by atoms with Crippen molar-refractivity contribution in [2.75, 3.05) is 6.54 Å². The molecule has 0 saturated heterocycles. The van der Waals surface area contributed by atoms with Gasteiger partial charge in [-0.05, 0) is 19.4 Å². The maximum Gasteiger partial charge on any atom is 0.243 e. The Labute approximate surface area is 108 Å². The monoisotopic (exact) mass is 250 g/mol. The number of rotatable bonds is 5. The predicted molar refractivity (Wildman–Crippen MR) is 71.5 cm³/mol. The van der Waals surface area contributed by atoms with Crippen LogP contribution in [0.15, 0.2) is 17.1 Å². The van der Waals surface area contributed by atoms with Crippen molar-refractivity contribution < 1.29 is 9.21 Å². The lowest BCUT2D eigenvalue weighted by atomic mass is 9.97. The Kier molecular flexibility index (Phi) is 4.70. The highest BCUT2D eigenvalue weighted by Gasteiger charge is 2.21. The Balaban J connectivity index is 2.50. The van der Waals surface area contributed by atoms with Crippen LogP contribution in [0.2, 0.25) is 0 Å². The van der Waals surface area contributed by atoms with Crippen LogP contribution in [0.1, 0.15) is 44.5 Å². The summed E-state index contributed by atoms with van der Waals surface area (Å²) >= 11 is 0. The van der Waals surface area contributed by atoms with E-state index >= 15 is 0 Å². The molecule has 1 rings (SSSR count). The van der Waals surface area contributed by atoms with Crippen molar-refractivity contribution in [1.82, 2.24) is 10.3 Å². The quantitative estimate of drug-likeness (QED) is 0.645. The van der Waals surface area contributed by atoms with Gasteiger partial charge in [-0.2, -0.15) is 0 Å². The van der Waals surface area contributed by atoms with Gasteiger partial charge in [0.25, 0.3) is 0 Å². The van der Waals surface area contributed by atoms with Crippen molar-refractivity contribution in [3.63, 3.8) is 0 Å². The van der Waals surface area contributed by atoms with Gasteiger partial charge in [0.15, 0.2) is 5.89 Å². The first kappa shape index (κ1) is 14.5. The Morgan fingerprint density at radius 2 is 2.17 bits per heavy atom. The van der Waals surface area contributed by atoms with Gasteiger partial charge in [0, 0.05) is 18.4 Å². The topological polar surface area (TPSA) is 55.1 Å². The maximum atomic E-state index is 11.0. The molecular weight excluding hydrogens is 228 g/mol. The smallest absolute Gasteiger partial charge is 0.243 e. The standard InChI is InChI=1S/C14H22N2O2/c1-6-12(17)15-9-7-8-11-10(2)16-13(18-11)14(3,4)5/h6H,1,7-9H2,2-5H3,(H,15,17). The summed E-state index contributed by atoms with van der Waals surface area (Å²) in [7, 11) is 0. The second kappa shape index (κ2) is 5.85. The zero-order valence-corrected chi connectivity index (χ0v) is 11.7. The Morgan fingerprint density at radius 1 is 1.50 bits per heavy atom. The van der Waals surface area contributed by atoms with Crippen molar-refractivity contribution in [2.45, 2.75) is 46.0 Å². The van der Waals surface area contributed by atoms with E-state index in [0.29, 0.717) is 6.54 Å². The lowest BCUT2D eigenvalue weighted by Crippen LogP contribution is -2.22. The van der Waals surface area contributed by atoms with E-state index in [2.05, 4.69) is 37.7 Å². The molecule has 0 aliphatic rings. The number of carbonyl (C=O) groups excluding carboxylic acids is 1. The molecule has 0 bridgehead atoms. The summed E-state index contributed by atoms with van der Waals surface area (Å²) < 4.78 is 5.77. The van der Waals surface area contributed by atoms with Gasteiger partial charge in [-0.1, -0.05) is 27.4 Å². The van der Waals surface area contributed by atoms with Crippen molar-refractivity contribution in [2.24, 2.45) is 0 Å². The van der Waals surface area contributed by atoms with Gasteiger partial charge >= 0.3 is 0 Å². The van der Waals surface area contributed by atoms with Gasteiger partial charge in [0.05, 0.1) is 5.69 Å². The Hall–Kier alpha value is -1.58. The molecule has 0 aliphatic heterocycles. The summed E-state index contributed by atoms with van der Waals surface area (Å²) in [6, 6.07) is 0. The predicted octanol–water partition coefficient (Wildman–Crippen LogP) is 2.52. The molecule has 100 valence electrons. The van der Waals surface area contributed by atoms with E-state index in [1.54, 1.807) is 0 Å². The lowest BCUT2D eigenvalue weighted by Gasteiger charge is -2.12. The maximum absolute atomic E-state index is 11.0. The van der Waals surface area contributed by atoms with E-state index in [-0.39, 0.29) is 11.3 Å². The molecule has 4 heteroatoms. The number of hydrogen-bond acceptors (Lipinski definition) is 3. The van der Waals surface area contributed by atoms with E-state index in [0.717, 1.165) is 30.2 Å². The van der Waals surface area contributed by atoms with E-state index in [1.165, 1.54) is 6.08 Å². The van der Waals surface area contributed by atoms with Crippen LogP contribution >= 0.6 is 0 Å². The molecule has 1 amide bonds. The summed E-state index contributed by atoms with van der Waals surface area (Å²) in [6.07, 6.45) is 2.89. The summed E-state index contributed by atoms with van der Waals surface area (Å²) in [5.41, 5.74) is 0.870. The highest BCUT2D eigenvalue weighted by atomic mass is 16.4. The van der Waals surface area contributed by atoms with Crippen LogP contribution in [0, 0.1) is 6.92 Å². The third-order valence-electron chi connectivity index (χ3n) is 2.60. The van der Waals surface area contributed by atoms with Crippen LogP contribution in [-0.4, -0.2) is 17.4 Å².